The third-order valence-electron chi connectivity index (χ3n) is 5.07. The number of nitro groups is 1. The molecule has 8 nitrogen and oxygen atoms in total. The summed E-state index contributed by atoms with van der Waals surface area (Å²) in [7, 11) is -3.71. The number of nitrogens with zero attached hydrogens (tertiary/aromatic N) is 2. The van der Waals surface area contributed by atoms with Crippen LogP contribution in [0.15, 0.2) is 53.4 Å². The minimum atomic E-state index is -3.71. The Labute approximate surface area is 169 Å². The lowest BCUT2D eigenvalue weighted by atomic mass is 9.96. The summed E-state index contributed by atoms with van der Waals surface area (Å²) in [5.41, 5.74) is 0.785. The highest BCUT2D eigenvalue weighted by Crippen LogP contribution is 2.28. The number of benzene rings is 2. The molecule has 1 fully saturated rings. The smallest absolute Gasteiger partial charge is 0.288 e. The highest BCUT2D eigenvalue weighted by molar-refractivity contribution is 7.90. The van der Waals surface area contributed by atoms with Crippen molar-refractivity contribution in [3.8, 4) is 0 Å². The minimum Gasteiger partial charge on any atom is -0.385 e. The fourth-order valence-corrected chi connectivity index (χ4v) is 4.30. The quantitative estimate of drug-likeness (QED) is 0.572. The van der Waals surface area contributed by atoms with Crippen molar-refractivity contribution in [3.05, 3.63) is 64.2 Å². The maximum atomic E-state index is 12.5. The molecular formula is C20H23N3O5S. The molecule has 2 aromatic carbocycles. The van der Waals surface area contributed by atoms with Crippen LogP contribution < -0.4 is 5.32 Å². The zero-order valence-electron chi connectivity index (χ0n) is 16.1. The summed E-state index contributed by atoms with van der Waals surface area (Å²) in [5, 5.41) is 14.2. The first-order chi connectivity index (χ1) is 13.8. The molecule has 1 amide bonds. The van der Waals surface area contributed by atoms with E-state index in [0.29, 0.717) is 36.8 Å². The molecule has 0 spiro atoms. The lowest BCUT2D eigenvalue weighted by Crippen LogP contribution is -2.39. The van der Waals surface area contributed by atoms with E-state index in [0.717, 1.165) is 19.1 Å². The standard InChI is InChI=1S/C20H23N3O5S/c1-29(27,28)19-13-17(7-8-18(19)23(25)26)21-14-15-9-11-22(12-10-15)20(24)16-5-3-2-4-6-16/h2-8,13,15,21H,9-12,14H2,1H3. The van der Waals surface area contributed by atoms with E-state index in [4.69, 9.17) is 0 Å². The first-order valence-electron chi connectivity index (χ1n) is 9.32. The zero-order valence-corrected chi connectivity index (χ0v) is 16.9. The molecule has 29 heavy (non-hydrogen) atoms. The van der Waals surface area contributed by atoms with E-state index >= 15 is 0 Å². The fourth-order valence-electron chi connectivity index (χ4n) is 3.44. The number of carbonyl (C=O) groups excluding carboxylic acids is 1. The van der Waals surface area contributed by atoms with Crippen LogP contribution in [0.4, 0.5) is 11.4 Å². The topological polar surface area (TPSA) is 110 Å². The molecule has 1 heterocycles. The molecule has 3 rings (SSSR count). The van der Waals surface area contributed by atoms with Gasteiger partial charge in [-0.05, 0) is 43.0 Å². The second kappa shape index (κ2) is 8.60. The van der Waals surface area contributed by atoms with Gasteiger partial charge in [-0.3, -0.25) is 14.9 Å². The maximum absolute atomic E-state index is 12.5. The summed E-state index contributed by atoms with van der Waals surface area (Å²) in [6.07, 6.45) is 2.62. The first kappa shape index (κ1) is 20.8. The number of sulfone groups is 1. The molecule has 9 heteroatoms. The van der Waals surface area contributed by atoms with E-state index in [1.54, 1.807) is 0 Å². The number of hydrogen-bond acceptors (Lipinski definition) is 6. The van der Waals surface area contributed by atoms with E-state index in [-0.39, 0.29) is 10.8 Å². The Morgan fingerprint density at radius 2 is 1.83 bits per heavy atom. The highest BCUT2D eigenvalue weighted by Gasteiger charge is 2.25. The average Bonchev–Trinajstić information content (AvgIpc) is 2.72. The molecule has 1 aliphatic rings. The van der Waals surface area contributed by atoms with Gasteiger partial charge in [-0.1, -0.05) is 18.2 Å². The van der Waals surface area contributed by atoms with Crippen LogP contribution in [0.3, 0.4) is 0 Å². The van der Waals surface area contributed by atoms with Gasteiger partial charge < -0.3 is 10.2 Å². The number of piperidine rings is 1. The van der Waals surface area contributed by atoms with Gasteiger partial charge in [-0.25, -0.2) is 8.42 Å². The Bertz CT molecular complexity index is 1000. The molecule has 1 saturated heterocycles. The summed E-state index contributed by atoms with van der Waals surface area (Å²) in [6.45, 7) is 1.93. The largest absolute Gasteiger partial charge is 0.385 e. The Morgan fingerprint density at radius 3 is 2.41 bits per heavy atom. The maximum Gasteiger partial charge on any atom is 0.288 e. The molecule has 0 unspecified atom stereocenters. The van der Waals surface area contributed by atoms with Gasteiger partial charge in [0.2, 0.25) is 0 Å². The van der Waals surface area contributed by atoms with Gasteiger partial charge >= 0.3 is 0 Å². The monoisotopic (exact) mass is 417 g/mol. The average molecular weight is 417 g/mol. The van der Waals surface area contributed by atoms with Gasteiger partial charge in [0.25, 0.3) is 11.6 Å². The normalized spacial score (nSPS) is 15.1. The molecule has 0 bridgehead atoms. The van der Waals surface area contributed by atoms with Crippen molar-refractivity contribution in [1.29, 1.82) is 0 Å². The molecule has 0 radical (unpaired) electrons. The Morgan fingerprint density at radius 1 is 1.17 bits per heavy atom. The van der Waals surface area contributed by atoms with Crippen LogP contribution in [0.5, 0.6) is 0 Å². The number of likely N-dealkylation sites (tertiary alicyclic amines) is 1. The van der Waals surface area contributed by atoms with Crippen molar-refractivity contribution < 1.29 is 18.1 Å². The van der Waals surface area contributed by atoms with Crippen LogP contribution in [-0.2, 0) is 9.84 Å². The van der Waals surface area contributed by atoms with Gasteiger partial charge in [-0.2, -0.15) is 0 Å². The van der Waals surface area contributed by atoms with Crippen LogP contribution in [0.25, 0.3) is 0 Å². The lowest BCUT2D eigenvalue weighted by Gasteiger charge is -2.32. The second-order valence-electron chi connectivity index (χ2n) is 7.19. The van der Waals surface area contributed by atoms with Crippen molar-refractivity contribution in [3.63, 3.8) is 0 Å². The number of amides is 1. The first-order valence-corrected chi connectivity index (χ1v) is 11.2. The second-order valence-corrected chi connectivity index (χ2v) is 9.18. The van der Waals surface area contributed by atoms with Crippen LogP contribution in [0.2, 0.25) is 0 Å². The van der Waals surface area contributed by atoms with E-state index < -0.39 is 20.4 Å². The predicted octanol–water partition coefficient (Wildman–Crippen LogP) is 2.96. The number of carbonyl (C=O) groups is 1. The third kappa shape index (κ3) is 5.11. The van der Waals surface area contributed by atoms with Gasteiger partial charge in [0, 0.05) is 43.2 Å². The third-order valence-corrected chi connectivity index (χ3v) is 6.20. The zero-order chi connectivity index (χ0) is 21.0. The summed E-state index contributed by atoms with van der Waals surface area (Å²) in [6, 6.07) is 13.2. The van der Waals surface area contributed by atoms with Crippen molar-refractivity contribution in [2.24, 2.45) is 5.92 Å². The van der Waals surface area contributed by atoms with Crippen molar-refractivity contribution in [2.75, 3.05) is 31.2 Å². The van der Waals surface area contributed by atoms with Gasteiger partial charge in [0.05, 0.1) is 4.92 Å². The number of nitro benzene ring substituents is 1. The highest BCUT2D eigenvalue weighted by atomic mass is 32.2. The molecule has 0 aromatic heterocycles. The molecule has 1 N–H and O–H groups in total. The van der Waals surface area contributed by atoms with Crippen LogP contribution in [-0.4, -0.2) is 50.0 Å². The number of nitrogens with one attached hydrogen (secondary N) is 1. The molecule has 1 aliphatic heterocycles. The Balaban J connectivity index is 1.58. The SMILES string of the molecule is CS(=O)(=O)c1cc(NCC2CCN(C(=O)c3ccccc3)CC2)ccc1[N+](=O)[O-]. The van der Waals surface area contributed by atoms with Crippen LogP contribution in [0, 0.1) is 16.0 Å². The molecule has 0 saturated carbocycles. The summed E-state index contributed by atoms with van der Waals surface area (Å²) in [5.74, 6) is 0.358. The lowest BCUT2D eigenvalue weighted by molar-refractivity contribution is -0.387. The van der Waals surface area contributed by atoms with Gasteiger partial charge in [0.1, 0.15) is 4.90 Å². The number of rotatable bonds is 6. The van der Waals surface area contributed by atoms with Crippen LogP contribution >= 0.6 is 0 Å². The van der Waals surface area contributed by atoms with E-state index in [2.05, 4.69) is 5.32 Å². The van der Waals surface area contributed by atoms with Crippen molar-refractivity contribution >= 4 is 27.1 Å². The predicted molar refractivity (Wildman–Crippen MR) is 110 cm³/mol. The van der Waals surface area contributed by atoms with Crippen molar-refractivity contribution in [1.82, 2.24) is 4.90 Å². The summed E-state index contributed by atoms with van der Waals surface area (Å²) in [4.78, 5) is 24.4. The van der Waals surface area contributed by atoms with Crippen LogP contribution in [0.1, 0.15) is 23.2 Å². The molecular weight excluding hydrogens is 394 g/mol. The van der Waals surface area contributed by atoms with Gasteiger partial charge in [0.15, 0.2) is 9.84 Å². The van der Waals surface area contributed by atoms with E-state index in [9.17, 15) is 23.3 Å². The fraction of sp³-hybridized carbons (Fsp3) is 0.350. The molecule has 154 valence electrons. The Hall–Kier alpha value is -2.94. The molecule has 0 atom stereocenters. The summed E-state index contributed by atoms with van der Waals surface area (Å²) < 4.78 is 23.7. The molecule has 2 aromatic rings. The minimum absolute atomic E-state index is 0.0326. The number of hydrogen-bond donors (Lipinski definition) is 1. The molecule has 0 aliphatic carbocycles. The Kier molecular flexibility index (Phi) is 6.17. The van der Waals surface area contributed by atoms with Crippen molar-refractivity contribution in [2.45, 2.75) is 17.7 Å². The van der Waals surface area contributed by atoms with Gasteiger partial charge in [-0.15, -0.1) is 0 Å². The van der Waals surface area contributed by atoms with E-state index in [1.807, 2.05) is 35.2 Å². The summed E-state index contributed by atoms with van der Waals surface area (Å²) >= 11 is 0. The number of anilines is 1. The van der Waals surface area contributed by atoms with E-state index in [1.165, 1.54) is 18.2 Å².